The summed E-state index contributed by atoms with van der Waals surface area (Å²) in [6.07, 6.45) is 0. The lowest BCUT2D eigenvalue weighted by atomic mass is 10.2. The van der Waals surface area contributed by atoms with Crippen LogP contribution in [0.3, 0.4) is 0 Å². The lowest BCUT2D eigenvalue weighted by Gasteiger charge is -2.07. The number of para-hydroxylation sites is 2. The van der Waals surface area contributed by atoms with Crippen molar-refractivity contribution >= 4 is 28.5 Å². The molecule has 7 heteroatoms. The van der Waals surface area contributed by atoms with Crippen molar-refractivity contribution in [2.24, 2.45) is 0 Å². The van der Waals surface area contributed by atoms with Crippen LogP contribution in [0.5, 0.6) is 0 Å². The molecule has 1 amide bonds. The molecule has 6 nitrogen and oxygen atoms in total. The Balaban J connectivity index is 1.78. The maximum Gasteiger partial charge on any atom is 0.253 e. The zero-order valence-electron chi connectivity index (χ0n) is 14.6. The normalized spacial score (nSPS) is 13.6. The van der Waals surface area contributed by atoms with E-state index in [1.54, 1.807) is 4.68 Å². The molecule has 1 N–H and O–H groups in total. The third kappa shape index (κ3) is 2.37. The van der Waals surface area contributed by atoms with Gasteiger partial charge in [0.05, 0.1) is 33.5 Å². The van der Waals surface area contributed by atoms with Gasteiger partial charge in [-0.05, 0) is 31.2 Å². The molecule has 1 aliphatic heterocycles. The number of nitrogens with one attached hydrogen (secondary N) is 1. The summed E-state index contributed by atoms with van der Waals surface area (Å²) >= 11 is 6.75. The molecule has 0 radical (unpaired) electrons. The molecule has 4 aromatic rings. The number of aromatic nitrogens is 4. The van der Waals surface area contributed by atoms with Crippen molar-refractivity contribution in [3.8, 4) is 17.1 Å². The number of hydrogen-bond acceptors (Lipinski definition) is 3. The Hall–Kier alpha value is -3.12. The Morgan fingerprint density at radius 2 is 1.93 bits per heavy atom. The number of nitrogens with zero attached hydrogens (tertiary/aromatic N) is 4. The summed E-state index contributed by atoms with van der Waals surface area (Å²) in [5.41, 5.74) is 4.72. The molecular formula is C20H16ClN5O. The first-order valence-electron chi connectivity index (χ1n) is 8.73. The third-order valence-corrected chi connectivity index (χ3v) is 5.21. The van der Waals surface area contributed by atoms with E-state index < -0.39 is 0 Å². The monoisotopic (exact) mass is 377 g/mol. The number of carbonyl (C=O) groups is 1. The Morgan fingerprint density at radius 1 is 1.11 bits per heavy atom. The fraction of sp³-hybridized carbons (Fsp3) is 0.150. The van der Waals surface area contributed by atoms with Gasteiger partial charge in [-0.15, -0.1) is 0 Å². The number of hydrogen-bond donors (Lipinski definition) is 1. The van der Waals surface area contributed by atoms with Crippen LogP contribution in [-0.2, 0) is 6.54 Å². The van der Waals surface area contributed by atoms with Gasteiger partial charge in [0.1, 0.15) is 11.0 Å². The molecule has 1 aliphatic rings. The minimum absolute atomic E-state index is 0.0754. The van der Waals surface area contributed by atoms with Gasteiger partial charge in [-0.25, -0.2) is 9.67 Å². The van der Waals surface area contributed by atoms with E-state index in [-0.39, 0.29) is 5.91 Å². The van der Waals surface area contributed by atoms with Gasteiger partial charge in [-0.2, -0.15) is 5.10 Å². The summed E-state index contributed by atoms with van der Waals surface area (Å²) in [7, 11) is 0. The fourth-order valence-electron chi connectivity index (χ4n) is 3.65. The van der Waals surface area contributed by atoms with Crippen LogP contribution in [0.1, 0.15) is 16.1 Å². The molecule has 27 heavy (non-hydrogen) atoms. The Bertz CT molecular complexity index is 1190. The van der Waals surface area contributed by atoms with E-state index in [4.69, 9.17) is 16.6 Å². The average Bonchev–Trinajstić information content (AvgIpc) is 3.12. The quantitative estimate of drug-likeness (QED) is 0.580. The molecule has 0 fully saturated rings. The van der Waals surface area contributed by atoms with Crippen LogP contribution in [0.15, 0.2) is 48.5 Å². The first-order chi connectivity index (χ1) is 13.1. The van der Waals surface area contributed by atoms with Crippen LogP contribution in [0.25, 0.3) is 28.1 Å². The Labute approximate surface area is 160 Å². The molecule has 3 heterocycles. The second-order valence-corrected chi connectivity index (χ2v) is 6.87. The van der Waals surface area contributed by atoms with Crippen molar-refractivity contribution in [2.45, 2.75) is 13.5 Å². The maximum atomic E-state index is 12.4. The third-order valence-electron chi connectivity index (χ3n) is 4.86. The second kappa shape index (κ2) is 5.96. The second-order valence-electron chi connectivity index (χ2n) is 6.51. The molecule has 134 valence electrons. The molecule has 0 spiro atoms. The van der Waals surface area contributed by atoms with Gasteiger partial charge >= 0.3 is 0 Å². The van der Waals surface area contributed by atoms with E-state index in [0.29, 0.717) is 23.8 Å². The summed E-state index contributed by atoms with van der Waals surface area (Å²) < 4.78 is 3.79. The molecule has 2 aromatic heterocycles. The summed E-state index contributed by atoms with van der Waals surface area (Å²) in [4.78, 5) is 17.2. The van der Waals surface area contributed by atoms with Crippen LogP contribution in [0, 0.1) is 6.92 Å². The molecule has 2 aromatic carbocycles. The summed E-state index contributed by atoms with van der Waals surface area (Å²) in [5.74, 6) is 0.659. The van der Waals surface area contributed by atoms with Crippen LogP contribution < -0.4 is 5.32 Å². The highest BCUT2D eigenvalue weighted by Crippen LogP contribution is 2.35. The fourth-order valence-corrected chi connectivity index (χ4v) is 4.00. The summed E-state index contributed by atoms with van der Waals surface area (Å²) in [5, 5.41) is 8.07. The van der Waals surface area contributed by atoms with Crippen molar-refractivity contribution in [2.75, 3.05) is 6.54 Å². The van der Waals surface area contributed by atoms with Gasteiger partial charge in [-0.1, -0.05) is 35.9 Å². The maximum absolute atomic E-state index is 12.4. The van der Waals surface area contributed by atoms with Gasteiger partial charge in [-0.3, -0.25) is 4.79 Å². The van der Waals surface area contributed by atoms with Crippen molar-refractivity contribution in [1.29, 1.82) is 0 Å². The Morgan fingerprint density at radius 3 is 2.74 bits per heavy atom. The topological polar surface area (TPSA) is 64.7 Å². The van der Waals surface area contributed by atoms with Gasteiger partial charge in [0.25, 0.3) is 5.91 Å². The highest BCUT2D eigenvalue weighted by molar-refractivity contribution is 6.32. The first-order valence-corrected chi connectivity index (χ1v) is 9.11. The number of rotatable bonds is 2. The van der Waals surface area contributed by atoms with Crippen molar-refractivity contribution < 1.29 is 4.79 Å². The molecule has 0 unspecified atom stereocenters. The van der Waals surface area contributed by atoms with E-state index in [2.05, 4.69) is 15.0 Å². The zero-order chi connectivity index (χ0) is 18.5. The average molecular weight is 378 g/mol. The summed E-state index contributed by atoms with van der Waals surface area (Å²) in [6, 6.07) is 15.4. The van der Waals surface area contributed by atoms with E-state index in [9.17, 15) is 4.79 Å². The van der Waals surface area contributed by atoms with Gasteiger partial charge in [0, 0.05) is 13.1 Å². The van der Waals surface area contributed by atoms with Gasteiger partial charge in [0.15, 0.2) is 0 Å². The smallest absolute Gasteiger partial charge is 0.253 e. The highest BCUT2D eigenvalue weighted by atomic mass is 35.5. The highest BCUT2D eigenvalue weighted by Gasteiger charge is 2.26. The van der Waals surface area contributed by atoms with Crippen LogP contribution >= 0.6 is 11.6 Å². The van der Waals surface area contributed by atoms with Crippen molar-refractivity contribution in [3.05, 3.63) is 64.9 Å². The van der Waals surface area contributed by atoms with Crippen LogP contribution in [-0.4, -0.2) is 31.8 Å². The molecule has 0 saturated carbocycles. The van der Waals surface area contributed by atoms with Crippen LogP contribution in [0.4, 0.5) is 0 Å². The van der Waals surface area contributed by atoms with E-state index in [1.165, 1.54) is 0 Å². The lowest BCUT2D eigenvalue weighted by Crippen LogP contribution is -2.24. The molecule has 0 aliphatic carbocycles. The zero-order valence-corrected chi connectivity index (χ0v) is 15.4. The number of aryl methyl sites for hydroxylation is 1. The SMILES string of the molecule is Cc1nn(-c2ccccc2)c(Cl)c1-c1nc2cccc3c2n1CCNC3=O. The van der Waals surface area contributed by atoms with Crippen LogP contribution in [0.2, 0.25) is 5.15 Å². The van der Waals surface area contributed by atoms with E-state index in [0.717, 1.165) is 33.8 Å². The van der Waals surface area contributed by atoms with Crippen molar-refractivity contribution in [1.82, 2.24) is 24.6 Å². The van der Waals surface area contributed by atoms with E-state index in [1.807, 2.05) is 55.5 Å². The minimum Gasteiger partial charge on any atom is -0.350 e. The van der Waals surface area contributed by atoms with Gasteiger partial charge in [0.2, 0.25) is 0 Å². The number of imidazole rings is 1. The molecule has 0 atom stereocenters. The predicted molar refractivity (Wildman–Crippen MR) is 104 cm³/mol. The standard InChI is InChI=1S/C20H16ClN5O/c1-12-16(18(21)26(24-12)13-6-3-2-4-7-13)19-23-15-9-5-8-14-17(15)25(19)11-10-22-20(14)27/h2-9H,10-11H2,1H3,(H,22,27). The minimum atomic E-state index is -0.0754. The lowest BCUT2D eigenvalue weighted by molar-refractivity contribution is 0.0956. The molecule has 0 bridgehead atoms. The number of carbonyl (C=O) groups excluding carboxylic acids is 1. The van der Waals surface area contributed by atoms with E-state index >= 15 is 0 Å². The number of benzene rings is 2. The van der Waals surface area contributed by atoms with Crippen molar-refractivity contribution in [3.63, 3.8) is 0 Å². The number of amides is 1. The summed E-state index contributed by atoms with van der Waals surface area (Å²) in [6.45, 7) is 3.09. The number of halogens is 1. The molecular weight excluding hydrogens is 362 g/mol. The predicted octanol–water partition coefficient (Wildman–Crippen LogP) is 3.59. The largest absolute Gasteiger partial charge is 0.350 e. The first kappa shape index (κ1) is 16.1. The van der Waals surface area contributed by atoms with Gasteiger partial charge < -0.3 is 9.88 Å². The molecule has 5 rings (SSSR count). The Kier molecular flexibility index (Phi) is 3.55. The molecule has 0 saturated heterocycles.